The van der Waals surface area contributed by atoms with Crippen LogP contribution in [0.15, 0.2) is 0 Å². The second-order valence-electron chi connectivity index (χ2n) is 3.03. The van der Waals surface area contributed by atoms with Gasteiger partial charge in [-0.3, -0.25) is 4.79 Å². The molecule has 0 unspecified atom stereocenters. The van der Waals surface area contributed by atoms with Crippen molar-refractivity contribution in [1.29, 1.82) is 0 Å². The van der Waals surface area contributed by atoms with Crippen molar-refractivity contribution in [2.45, 2.75) is 33.2 Å². The average molecular weight is 199 g/mol. The van der Waals surface area contributed by atoms with Crippen molar-refractivity contribution in [2.24, 2.45) is 0 Å². The molecule has 0 saturated heterocycles. The third-order valence-corrected chi connectivity index (χ3v) is 2.28. The van der Waals surface area contributed by atoms with E-state index in [4.69, 9.17) is 0 Å². The smallest absolute Gasteiger partial charge is 0.265 e. The lowest BCUT2D eigenvalue weighted by Gasteiger charge is -2.06. The summed E-state index contributed by atoms with van der Waals surface area (Å²) in [6, 6.07) is 0.152. The van der Waals surface area contributed by atoms with Crippen molar-refractivity contribution in [3.05, 3.63) is 10.6 Å². The summed E-state index contributed by atoms with van der Waals surface area (Å²) in [5, 5.41) is 6.68. The fourth-order valence-corrected chi connectivity index (χ4v) is 1.59. The van der Waals surface area contributed by atoms with Gasteiger partial charge in [-0.05, 0) is 31.8 Å². The fraction of sp³-hybridized carbons (Fsp3) is 0.625. The van der Waals surface area contributed by atoms with Gasteiger partial charge in [0, 0.05) is 6.04 Å². The summed E-state index contributed by atoms with van der Waals surface area (Å²) in [4.78, 5) is 12.2. The Morgan fingerprint density at radius 1 is 1.62 bits per heavy atom. The molecule has 0 spiro atoms. The summed E-state index contributed by atoms with van der Waals surface area (Å²) in [6.07, 6.45) is 0.747. The van der Waals surface area contributed by atoms with Crippen LogP contribution >= 0.6 is 11.5 Å². The number of nitrogens with zero attached hydrogens (tertiary/aromatic N) is 2. The highest BCUT2D eigenvalue weighted by Gasteiger charge is 2.14. The molecule has 1 N–H and O–H groups in total. The maximum Gasteiger partial charge on any atom is 0.265 e. The van der Waals surface area contributed by atoms with Crippen molar-refractivity contribution < 1.29 is 4.79 Å². The van der Waals surface area contributed by atoms with E-state index in [1.54, 1.807) is 0 Å². The largest absolute Gasteiger partial charge is 0.349 e. The molecule has 0 fully saturated rings. The molecule has 1 amide bonds. The Morgan fingerprint density at radius 3 is 2.85 bits per heavy atom. The first-order valence-corrected chi connectivity index (χ1v) is 5.04. The number of amides is 1. The second kappa shape index (κ2) is 4.32. The van der Waals surface area contributed by atoms with Gasteiger partial charge in [0.15, 0.2) is 0 Å². The quantitative estimate of drug-likeness (QED) is 0.796. The Balaban J connectivity index is 2.76. The minimum Gasteiger partial charge on any atom is -0.349 e. The first-order valence-electron chi connectivity index (χ1n) is 4.27. The van der Waals surface area contributed by atoms with Gasteiger partial charge in [-0.25, -0.2) is 0 Å². The summed E-state index contributed by atoms with van der Waals surface area (Å²) in [6.45, 7) is 5.82. The van der Waals surface area contributed by atoms with Crippen LogP contribution < -0.4 is 5.32 Å². The Labute approximate surface area is 81.5 Å². The lowest BCUT2D eigenvalue weighted by molar-refractivity contribution is 0.0946. The highest BCUT2D eigenvalue weighted by molar-refractivity contribution is 7.08. The average Bonchev–Trinajstić information content (AvgIpc) is 2.49. The van der Waals surface area contributed by atoms with E-state index in [2.05, 4.69) is 14.9 Å². The number of aromatic nitrogens is 2. The molecule has 13 heavy (non-hydrogen) atoms. The fourth-order valence-electron chi connectivity index (χ4n) is 0.940. The number of aryl methyl sites for hydroxylation is 1. The SMILES string of the molecule is CCc1nnsc1C(=O)NC(C)C. The molecule has 1 heterocycles. The molecule has 1 aromatic heterocycles. The summed E-state index contributed by atoms with van der Waals surface area (Å²) in [5.74, 6) is -0.0677. The van der Waals surface area contributed by atoms with Crippen LogP contribution in [0.2, 0.25) is 0 Å². The number of hydrogen-bond acceptors (Lipinski definition) is 4. The minimum absolute atomic E-state index is 0.0677. The van der Waals surface area contributed by atoms with E-state index in [1.807, 2.05) is 20.8 Å². The number of carbonyl (C=O) groups is 1. The third-order valence-electron chi connectivity index (χ3n) is 1.52. The van der Waals surface area contributed by atoms with E-state index in [1.165, 1.54) is 0 Å². The third kappa shape index (κ3) is 2.48. The summed E-state index contributed by atoms with van der Waals surface area (Å²) < 4.78 is 3.75. The van der Waals surface area contributed by atoms with Gasteiger partial charge in [0.2, 0.25) is 0 Å². The zero-order valence-electron chi connectivity index (χ0n) is 8.00. The Bertz CT molecular complexity index is 295. The van der Waals surface area contributed by atoms with Gasteiger partial charge in [0.25, 0.3) is 5.91 Å². The molecule has 0 bridgehead atoms. The molecule has 0 radical (unpaired) electrons. The number of rotatable bonds is 3. The number of nitrogens with one attached hydrogen (secondary N) is 1. The molecule has 72 valence electrons. The van der Waals surface area contributed by atoms with Crippen molar-refractivity contribution in [2.75, 3.05) is 0 Å². The van der Waals surface area contributed by atoms with Gasteiger partial charge < -0.3 is 5.32 Å². The molecule has 4 nitrogen and oxygen atoms in total. The van der Waals surface area contributed by atoms with E-state index in [0.717, 1.165) is 23.6 Å². The highest BCUT2D eigenvalue weighted by Crippen LogP contribution is 2.10. The van der Waals surface area contributed by atoms with E-state index in [0.29, 0.717) is 4.88 Å². The van der Waals surface area contributed by atoms with Crippen molar-refractivity contribution in [3.63, 3.8) is 0 Å². The first kappa shape index (κ1) is 10.1. The summed E-state index contributed by atoms with van der Waals surface area (Å²) >= 11 is 1.15. The van der Waals surface area contributed by atoms with E-state index in [-0.39, 0.29) is 11.9 Å². The van der Waals surface area contributed by atoms with Gasteiger partial charge in [-0.2, -0.15) is 0 Å². The molecule has 0 aliphatic heterocycles. The van der Waals surface area contributed by atoms with Crippen LogP contribution in [-0.2, 0) is 6.42 Å². The van der Waals surface area contributed by atoms with Gasteiger partial charge >= 0.3 is 0 Å². The topological polar surface area (TPSA) is 54.9 Å². The van der Waals surface area contributed by atoms with E-state index >= 15 is 0 Å². The van der Waals surface area contributed by atoms with Gasteiger partial charge in [0.1, 0.15) is 4.88 Å². The van der Waals surface area contributed by atoms with E-state index < -0.39 is 0 Å². The van der Waals surface area contributed by atoms with Crippen LogP contribution in [0.5, 0.6) is 0 Å². The number of carbonyl (C=O) groups excluding carboxylic acids is 1. The lowest BCUT2D eigenvalue weighted by Crippen LogP contribution is -2.30. The first-order chi connectivity index (χ1) is 6.15. The Hall–Kier alpha value is -0.970. The van der Waals surface area contributed by atoms with Crippen LogP contribution in [0.1, 0.15) is 36.1 Å². The summed E-state index contributed by atoms with van der Waals surface area (Å²) in [5.41, 5.74) is 0.781. The predicted molar refractivity (Wildman–Crippen MR) is 51.9 cm³/mol. The van der Waals surface area contributed by atoms with E-state index in [9.17, 15) is 4.79 Å². The highest BCUT2D eigenvalue weighted by atomic mass is 32.1. The molecule has 1 rings (SSSR count). The van der Waals surface area contributed by atoms with Gasteiger partial charge in [-0.15, -0.1) is 5.10 Å². The molecule has 0 aromatic carbocycles. The maximum atomic E-state index is 11.5. The summed E-state index contributed by atoms with van der Waals surface area (Å²) in [7, 11) is 0. The minimum atomic E-state index is -0.0677. The molecule has 0 aliphatic carbocycles. The molecular formula is C8H13N3OS. The van der Waals surface area contributed by atoms with Crippen LogP contribution in [0.3, 0.4) is 0 Å². The zero-order chi connectivity index (χ0) is 9.84. The number of hydrogen-bond donors (Lipinski definition) is 1. The molecule has 1 aromatic rings. The van der Waals surface area contributed by atoms with Crippen LogP contribution in [-0.4, -0.2) is 21.5 Å². The van der Waals surface area contributed by atoms with Crippen molar-refractivity contribution >= 4 is 17.4 Å². The van der Waals surface area contributed by atoms with Gasteiger partial charge in [-0.1, -0.05) is 11.4 Å². The molecule has 5 heteroatoms. The maximum absolute atomic E-state index is 11.5. The standard InChI is InChI=1S/C8H13N3OS/c1-4-6-7(13-11-10-6)8(12)9-5(2)3/h5H,4H2,1-3H3,(H,9,12). The predicted octanol–water partition coefficient (Wildman–Crippen LogP) is 1.24. The van der Waals surface area contributed by atoms with Crippen molar-refractivity contribution in [1.82, 2.24) is 14.9 Å². The molecule has 0 aliphatic rings. The van der Waals surface area contributed by atoms with Crippen LogP contribution in [0.4, 0.5) is 0 Å². The van der Waals surface area contributed by atoms with Crippen molar-refractivity contribution in [3.8, 4) is 0 Å². The monoisotopic (exact) mass is 199 g/mol. The Kier molecular flexibility index (Phi) is 3.36. The molecule has 0 saturated carbocycles. The second-order valence-corrected chi connectivity index (χ2v) is 3.78. The Morgan fingerprint density at radius 2 is 2.31 bits per heavy atom. The van der Waals surface area contributed by atoms with Crippen LogP contribution in [0.25, 0.3) is 0 Å². The molecule has 0 atom stereocenters. The zero-order valence-corrected chi connectivity index (χ0v) is 8.81. The molecular weight excluding hydrogens is 186 g/mol. The lowest BCUT2D eigenvalue weighted by atomic mass is 10.3. The van der Waals surface area contributed by atoms with Gasteiger partial charge in [0.05, 0.1) is 5.69 Å². The van der Waals surface area contributed by atoms with Crippen LogP contribution in [0, 0.1) is 0 Å². The normalized spacial score (nSPS) is 10.5.